The van der Waals surface area contributed by atoms with Crippen molar-refractivity contribution in [3.63, 3.8) is 0 Å². The fourth-order valence-corrected chi connectivity index (χ4v) is 1.89. The van der Waals surface area contributed by atoms with Crippen LogP contribution in [0.5, 0.6) is 5.75 Å². The zero-order valence-corrected chi connectivity index (χ0v) is 10.5. The van der Waals surface area contributed by atoms with Gasteiger partial charge in [-0.15, -0.1) is 0 Å². The molecule has 4 nitrogen and oxygen atoms in total. The van der Waals surface area contributed by atoms with Gasteiger partial charge in [0.15, 0.2) is 0 Å². The first-order valence-corrected chi connectivity index (χ1v) is 5.85. The lowest BCUT2D eigenvalue weighted by Crippen LogP contribution is -2.30. The zero-order valence-electron chi connectivity index (χ0n) is 9.76. The molecule has 0 saturated carbocycles. The molecule has 2 aromatic rings. The Kier molecular flexibility index (Phi) is 3.58. The molecule has 0 saturated heterocycles. The third kappa shape index (κ3) is 2.33. The maximum absolute atomic E-state index is 12.3. The van der Waals surface area contributed by atoms with Crippen LogP contribution in [0, 0.1) is 0 Å². The molecular weight excluding hydrogens is 254 g/mol. The van der Waals surface area contributed by atoms with Gasteiger partial charge in [0.25, 0.3) is 5.91 Å². The highest BCUT2D eigenvalue weighted by atomic mass is 35.5. The van der Waals surface area contributed by atoms with Crippen molar-refractivity contribution in [3.05, 3.63) is 47.4 Å². The number of phenols is 1. The molecule has 0 aliphatic heterocycles. The summed E-state index contributed by atoms with van der Waals surface area (Å²) in [6.45, 7) is 2.31. The molecule has 1 aromatic carbocycles. The van der Waals surface area contributed by atoms with Crippen LogP contribution in [0.15, 0.2) is 41.0 Å². The topological polar surface area (TPSA) is 53.7 Å². The van der Waals surface area contributed by atoms with E-state index in [-0.39, 0.29) is 16.9 Å². The van der Waals surface area contributed by atoms with E-state index < -0.39 is 0 Å². The first kappa shape index (κ1) is 12.5. The van der Waals surface area contributed by atoms with Gasteiger partial charge in [0.05, 0.1) is 11.8 Å². The number of carbonyl (C=O) groups is 1. The third-order valence-corrected chi connectivity index (χ3v) is 2.84. The van der Waals surface area contributed by atoms with Crippen LogP contribution < -0.4 is 4.90 Å². The first-order valence-electron chi connectivity index (χ1n) is 5.47. The normalized spacial score (nSPS) is 10.3. The molecule has 2 rings (SSSR count). The first-order chi connectivity index (χ1) is 8.63. The van der Waals surface area contributed by atoms with Crippen LogP contribution in [-0.2, 0) is 0 Å². The highest BCUT2D eigenvalue weighted by Gasteiger charge is 2.20. The predicted molar refractivity (Wildman–Crippen MR) is 69.2 cm³/mol. The molecule has 0 aliphatic rings. The highest BCUT2D eigenvalue weighted by Crippen LogP contribution is 2.24. The molecule has 5 heteroatoms. The largest absolute Gasteiger partial charge is 0.508 e. The van der Waals surface area contributed by atoms with Gasteiger partial charge in [-0.3, -0.25) is 4.79 Å². The molecule has 0 unspecified atom stereocenters. The predicted octanol–water partition coefficient (Wildman–Crippen LogP) is 3.31. The summed E-state index contributed by atoms with van der Waals surface area (Å²) in [5.74, 6) is -0.154. The van der Waals surface area contributed by atoms with E-state index in [0.717, 1.165) is 0 Å². The summed E-state index contributed by atoms with van der Waals surface area (Å²) in [4.78, 5) is 13.8. The van der Waals surface area contributed by atoms with Crippen LogP contribution in [-0.4, -0.2) is 17.6 Å². The van der Waals surface area contributed by atoms with Crippen LogP contribution in [0.3, 0.4) is 0 Å². The molecule has 0 aliphatic carbocycles. The van der Waals surface area contributed by atoms with E-state index in [2.05, 4.69) is 0 Å². The number of hydrogen-bond donors (Lipinski definition) is 1. The quantitative estimate of drug-likeness (QED) is 0.926. The number of nitrogens with zero attached hydrogens (tertiary/aromatic N) is 1. The van der Waals surface area contributed by atoms with Gasteiger partial charge in [-0.1, -0.05) is 6.07 Å². The molecule has 0 fully saturated rings. The van der Waals surface area contributed by atoms with Crippen molar-refractivity contribution in [2.45, 2.75) is 6.92 Å². The van der Waals surface area contributed by atoms with E-state index in [1.807, 2.05) is 6.92 Å². The number of benzene rings is 1. The van der Waals surface area contributed by atoms with Crippen LogP contribution in [0.1, 0.15) is 17.3 Å². The maximum atomic E-state index is 12.3. The van der Waals surface area contributed by atoms with Crippen molar-refractivity contribution in [1.29, 1.82) is 0 Å². The molecule has 0 atom stereocenters. The minimum absolute atomic E-state index is 0.0682. The van der Waals surface area contributed by atoms with Gasteiger partial charge < -0.3 is 14.4 Å². The number of furan rings is 1. The number of phenolic OH excluding ortho intramolecular Hbond substituents is 1. The Hall–Kier alpha value is -1.94. The van der Waals surface area contributed by atoms with Gasteiger partial charge in [-0.05, 0) is 36.7 Å². The van der Waals surface area contributed by atoms with Crippen LogP contribution in [0.2, 0.25) is 5.22 Å². The van der Waals surface area contributed by atoms with Crippen molar-refractivity contribution in [2.24, 2.45) is 0 Å². The Bertz CT molecular complexity index is 565. The van der Waals surface area contributed by atoms with E-state index >= 15 is 0 Å². The Morgan fingerprint density at radius 1 is 1.44 bits per heavy atom. The molecule has 0 radical (unpaired) electrons. The second-order valence-corrected chi connectivity index (χ2v) is 4.02. The molecule has 0 spiro atoms. The monoisotopic (exact) mass is 265 g/mol. The summed E-state index contributed by atoms with van der Waals surface area (Å²) in [5, 5.41) is 9.51. The number of aromatic hydroxyl groups is 1. The van der Waals surface area contributed by atoms with Gasteiger partial charge >= 0.3 is 0 Å². The Morgan fingerprint density at radius 3 is 2.78 bits per heavy atom. The number of carbonyl (C=O) groups excluding carboxylic acids is 1. The third-order valence-electron chi connectivity index (χ3n) is 2.55. The average Bonchev–Trinajstić information content (AvgIpc) is 2.76. The number of rotatable bonds is 3. The number of anilines is 1. The minimum Gasteiger partial charge on any atom is -0.508 e. The fourth-order valence-electron chi connectivity index (χ4n) is 1.70. The SMILES string of the molecule is CCN(C(=O)c1ccoc1Cl)c1cccc(O)c1. The summed E-state index contributed by atoms with van der Waals surface area (Å²) in [5.41, 5.74) is 0.918. The van der Waals surface area contributed by atoms with E-state index in [1.54, 1.807) is 18.2 Å². The van der Waals surface area contributed by atoms with Gasteiger partial charge in [-0.2, -0.15) is 0 Å². The molecule has 94 valence electrons. The second-order valence-electron chi connectivity index (χ2n) is 3.68. The molecule has 18 heavy (non-hydrogen) atoms. The van der Waals surface area contributed by atoms with E-state index in [0.29, 0.717) is 17.8 Å². The van der Waals surface area contributed by atoms with Gasteiger partial charge in [-0.25, -0.2) is 0 Å². The van der Waals surface area contributed by atoms with Gasteiger partial charge in [0.1, 0.15) is 5.75 Å². The van der Waals surface area contributed by atoms with Crippen LogP contribution in [0.25, 0.3) is 0 Å². The van der Waals surface area contributed by atoms with E-state index in [1.165, 1.54) is 23.3 Å². The molecule has 0 bridgehead atoms. The Balaban J connectivity index is 2.35. The fraction of sp³-hybridized carbons (Fsp3) is 0.154. The standard InChI is InChI=1S/C13H12ClNO3/c1-2-15(9-4-3-5-10(16)8-9)13(17)11-6-7-18-12(11)14/h3-8,16H,2H2,1H3. The van der Waals surface area contributed by atoms with Crippen molar-refractivity contribution in [1.82, 2.24) is 0 Å². The lowest BCUT2D eigenvalue weighted by atomic mass is 10.2. The lowest BCUT2D eigenvalue weighted by Gasteiger charge is -2.20. The van der Waals surface area contributed by atoms with E-state index in [9.17, 15) is 9.90 Å². The number of halogens is 1. The molecule has 1 N–H and O–H groups in total. The smallest absolute Gasteiger partial charge is 0.263 e. The minimum atomic E-state index is -0.262. The van der Waals surface area contributed by atoms with E-state index in [4.69, 9.17) is 16.0 Å². The molecule has 1 aromatic heterocycles. The van der Waals surface area contributed by atoms with Crippen molar-refractivity contribution in [3.8, 4) is 5.75 Å². The van der Waals surface area contributed by atoms with Crippen LogP contribution >= 0.6 is 11.6 Å². The summed E-state index contributed by atoms with van der Waals surface area (Å²) >= 11 is 5.79. The molecule has 1 amide bonds. The lowest BCUT2D eigenvalue weighted by molar-refractivity contribution is 0.0988. The van der Waals surface area contributed by atoms with Gasteiger partial charge in [0, 0.05) is 18.3 Å². The summed E-state index contributed by atoms with van der Waals surface area (Å²) in [6, 6.07) is 8.02. The Labute approximate surface area is 109 Å². The van der Waals surface area contributed by atoms with Crippen molar-refractivity contribution in [2.75, 3.05) is 11.4 Å². The summed E-state index contributed by atoms with van der Waals surface area (Å²) < 4.78 is 4.91. The number of amides is 1. The zero-order chi connectivity index (χ0) is 13.1. The maximum Gasteiger partial charge on any atom is 0.263 e. The second kappa shape index (κ2) is 5.14. The van der Waals surface area contributed by atoms with Crippen molar-refractivity contribution < 1.29 is 14.3 Å². The summed E-state index contributed by atoms with van der Waals surface area (Å²) in [7, 11) is 0. The Morgan fingerprint density at radius 2 is 2.22 bits per heavy atom. The van der Waals surface area contributed by atoms with Crippen LogP contribution in [0.4, 0.5) is 5.69 Å². The summed E-state index contributed by atoms with van der Waals surface area (Å²) in [6.07, 6.45) is 1.37. The highest BCUT2D eigenvalue weighted by molar-refractivity contribution is 6.32. The molecular formula is C13H12ClNO3. The molecule has 1 heterocycles. The van der Waals surface area contributed by atoms with Crippen molar-refractivity contribution >= 4 is 23.2 Å². The average molecular weight is 266 g/mol. The number of hydrogen-bond acceptors (Lipinski definition) is 3. The van der Waals surface area contributed by atoms with Gasteiger partial charge in [0.2, 0.25) is 5.22 Å².